The van der Waals surface area contributed by atoms with Gasteiger partial charge >= 0.3 is 0 Å². The lowest BCUT2D eigenvalue weighted by molar-refractivity contribution is -0.120. The maximum Gasteiger partial charge on any atom is 0.251 e. The fourth-order valence-electron chi connectivity index (χ4n) is 2.09. The number of amides is 1. The topological polar surface area (TPSA) is 90.1 Å². The third-order valence-corrected chi connectivity index (χ3v) is 3.28. The van der Waals surface area contributed by atoms with Crippen LogP contribution in [0.2, 0.25) is 0 Å². The number of hydrazone groups is 1. The van der Waals surface area contributed by atoms with Crippen LogP contribution in [0.4, 0.5) is 0 Å². The highest BCUT2D eigenvalue weighted by Gasteiger charge is 2.06. The largest absolute Gasteiger partial charge is 0.335 e. The lowest BCUT2D eigenvalue weighted by Crippen LogP contribution is -2.23. The molecular weight excluding hydrogens is 312 g/mol. The van der Waals surface area contributed by atoms with Gasteiger partial charge in [0.05, 0.1) is 12.1 Å². The zero-order chi connectivity index (χ0) is 16.7. The lowest BCUT2D eigenvalue weighted by Gasteiger charge is -2.06. The van der Waals surface area contributed by atoms with Crippen LogP contribution in [0, 0.1) is 4.77 Å². The number of nitrogens with zero attached hydrogens (tertiary/aromatic N) is 1. The van der Waals surface area contributed by atoms with Crippen LogP contribution < -0.4 is 11.0 Å². The molecule has 0 saturated heterocycles. The summed E-state index contributed by atoms with van der Waals surface area (Å²) in [6, 6.07) is 11.0. The fraction of sp³-hybridized carbons (Fsp3) is 0.250. The summed E-state index contributed by atoms with van der Waals surface area (Å²) >= 11 is 4.87. The SMILES string of the molecule is CCC/C(=N/NC(=O)Cc1cc(=O)[nH]c(=S)[nH]1)c1ccccc1. The summed E-state index contributed by atoms with van der Waals surface area (Å²) in [4.78, 5) is 28.5. The first kappa shape index (κ1) is 16.8. The first-order valence-corrected chi connectivity index (χ1v) is 7.72. The summed E-state index contributed by atoms with van der Waals surface area (Å²) in [5.74, 6) is -0.314. The van der Waals surface area contributed by atoms with Crippen LogP contribution in [0.25, 0.3) is 0 Å². The van der Waals surface area contributed by atoms with Gasteiger partial charge in [0.1, 0.15) is 0 Å². The van der Waals surface area contributed by atoms with Gasteiger partial charge in [-0.25, -0.2) is 5.43 Å². The van der Waals surface area contributed by atoms with Crippen LogP contribution in [-0.4, -0.2) is 21.6 Å². The Bertz CT molecular complexity index is 780. The molecule has 0 atom stereocenters. The first-order valence-electron chi connectivity index (χ1n) is 7.32. The molecule has 0 radical (unpaired) electrons. The molecule has 3 N–H and O–H groups in total. The van der Waals surface area contributed by atoms with Crippen molar-refractivity contribution in [1.82, 2.24) is 15.4 Å². The van der Waals surface area contributed by atoms with Crippen molar-refractivity contribution < 1.29 is 4.79 Å². The van der Waals surface area contributed by atoms with Crippen molar-refractivity contribution >= 4 is 23.8 Å². The maximum atomic E-state index is 12.0. The van der Waals surface area contributed by atoms with Gasteiger partial charge in [-0.15, -0.1) is 0 Å². The Morgan fingerprint density at radius 1 is 1.26 bits per heavy atom. The average molecular weight is 330 g/mol. The van der Waals surface area contributed by atoms with E-state index in [1.165, 1.54) is 6.07 Å². The Labute approximate surface area is 138 Å². The number of H-pyrrole nitrogens is 2. The molecule has 2 rings (SSSR count). The maximum absolute atomic E-state index is 12.0. The van der Waals surface area contributed by atoms with Crippen molar-refractivity contribution in [2.45, 2.75) is 26.2 Å². The normalized spacial score (nSPS) is 11.3. The molecule has 6 nitrogen and oxygen atoms in total. The molecule has 0 aliphatic rings. The third-order valence-electron chi connectivity index (χ3n) is 3.08. The van der Waals surface area contributed by atoms with E-state index in [2.05, 4.69) is 27.4 Å². The molecule has 2 aromatic rings. The van der Waals surface area contributed by atoms with Gasteiger partial charge < -0.3 is 4.98 Å². The van der Waals surface area contributed by atoms with Crippen LogP contribution in [0.15, 0.2) is 46.3 Å². The molecule has 0 aliphatic carbocycles. The molecule has 0 saturated carbocycles. The smallest absolute Gasteiger partial charge is 0.251 e. The summed E-state index contributed by atoms with van der Waals surface area (Å²) in [5, 5.41) is 4.22. The van der Waals surface area contributed by atoms with Crippen molar-refractivity contribution in [1.29, 1.82) is 0 Å². The second kappa shape index (κ2) is 8.19. The van der Waals surface area contributed by atoms with E-state index >= 15 is 0 Å². The van der Waals surface area contributed by atoms with Crippen LogP contribution in [0.1, 0.15) is 31.0 Å². The van der Waals surface area contributed by atoms with Crippen molar-refractivity contribution in [2.24, 2.45) is 5.10 Å². The Morgan fingerprint density at radius 2 is 2.00 bits per heavy atom. The van der Waals surface area contributed by atoms with Gasteiger partial charge in [-0.2, -0.15) is 5.10 Å². The lowest BCUT2D eigenvalue weighted by atomic mass is 10.1. The number of carbonyl (C=O) groups excluding carboxylic acids is 1. The number of aromatic nitrogens is 2. The highest BCUT2D eigenvalue weighted by atomic mass is 32.1. The van der Waals surface area contributed by atoms with Gasteiger partial charge in [0.2, 0.25) is 5.91 Å². The molecule has 23 heavy (non-hydrogen) atoms. The second-order valence-corrected chi connectivity index (χ2v) is 5.41. The van der Waals surface area contributed by atoms with Gasteiger partial charge in [-0.1, -0.05) is 43.7 Å². The van der Waals surface area contributed by atoms with Gasteiger partial charge in [0.25, 0.3) is 5.56 Å². The average Bonchev–Trinajstić information content (AvgIpc) is 2.51. The van der Waals surface area contributed by atoms with Gasteiger partial charge in [0.15, 0.2) is 4.77 Å². The molecule has 0 spiro atoms. The monoisotopic (exact) mass is 330 g/mol. The number of hydrogen-bond donors (Lipinski definition) is 3. The second-order valence-electron chi connectivity index (χ2n) is 5.00. The highest BCUT2D eigenvalue weighted by Crippen LogP contribution is 2.06. The molecule has 0 unspecified atom stereocenters. The minimum atomic E-state index is -0.337. The van der Waals surface area contributed by atoms with Gasteiger partial charge in [-0.05, 0) is 24.2 Å². The van der Waals surface area contributed by atoms with E-state index in [4.69, 9.17) is 12.2 Å². The predicted octanol–water partition coefficient (Wildman–Crippen LogP) is 2.30. The number of rotatable bonds is 6. The quantitative estimate of drug-likeness (QED) is 0.431. The van der Waals surface area contributed by atoms with Crippen LogP contribution in [0.5, 0.6) is 0 Å². The van der Waals surface area contributed by atoms with E-state index < -0.39 is 0 Å². The zero-order valence-electron chi connectivity index (χ0n) is 12.8. The van der Waals surface area contributed by atoms with E-state index in [1.807, 2.05) is 30.3 Å². The molecule has 1 aromatic carbocycles. The number of carbonyl (C=O) groups is 1. The van der Waals surface area contributed by atoms with Crippen molar-refractivity contribution in [3.05, 3.63) is 62.8 Å². The van der Waals surface area contributed by atoms with Gasteiger partial charge in [0, 0.05) is 11.8 Å². The van der Waals surface area contributed by atoms with E-state index in [0.29, 0.717) is 5.69 Å². The Kier molecular flexibility index (Phi) is 5.99. The third kappa shape index (κ3) is 5.30. The summed E-state index contributed by atoms with van der Waals surface area (Å²) in [7, 11) is 0. The predicted molar refractivity (Wildman–Crippen MR) is 92.0 cm³/mol. The van der Waals surface area contributed by atoms with Crippen molar-refractivity contribution in [2.75, 3.05) is 0 Å². The number of nitrogens with one attached hydrogen (secondary N) is 3. The Morgan fingerprint density at radius 3 is 2.65 bits per heavy atom. The summed E-state index contributed by atoms with van der Waals surface area (Å²) in [6.07, 6.45) is 1.69. The number of hydrogen-bond acceptors (Lipinski definition) is 4. The standard InChI is InChI=1S/C16H18N4O2S/c1-2-6-13(11-7-4-3-5-8-11)19-20-15(22)10-12-9-14(21)18-16(23)17-12/h3-5,7-9H,2,6,10H2,1H3,(H,20,22)(H2,17,18,21,23)/b19-13-. The molecular formula is C16H18N4O2S. The molecule has 7 heteroatoms. The molecule has 1 heterocycles. The minimum Gasteiger partial charge on any atom is -0.335 e. The molecule has 1 aromatic heterocycles. The van der Waals surface area contributed by atoms with Crippen LogP contribution in [0.3, 0.4) is 0 Å². The number of benzene rings is 1. The zero-order valence-corrected chi connectivity index (χ0v) is 13.6. The Hall–Kier alpha value is -2.54. The first-order chi connectivity index (χ1) is 11.1. The fourth-order valence-corrected chi connectivity index (χ4v) is 2.32. The highest BCUT2D eigenvalue weighted by molar-refractivity contribution is 7.71. The van der Waals surface area contributed by atoms with Crippen molar-refractivity contribution in [3.63, 3.8) is 0 Å². The van der Waals surface area contributed by atoms with Crippen molar-refractivity contribution in [3.8, 4) is 0 Å². The molecule has 0 aliphatic heterocycles. The minimum absolute atomic E-state index is 0.00521. The van der Waals surface area contributed by atoms with Gasteiger partial charge in [-0.3, -0.25) is 14.6 Å². The van der Waals surface area contributed by atoms with Crippen LogP contribution >= 0.6 is 12.2 Å². The van der Waals surface area contributed by atoms with E-state index in [0.717, 1.165) is 24.1 Å². The van der Waals surface area contributed by atoms with Crippen LogP contribution in [-0.2, 0) is 11.2 Å². The molecule has 0 fully saturated rings. The molecule has 0 bridgehead atoms. The molecule has 1 amide bonds. The Balaban J connectivity index is 2.08. The number of aromatic amines is 2. The summed E-state index contributed by atoms with van der Waals surface area (Å²) in [5.41, 5.74) is 4.44. The summed E-state index contributed by atoms with van der Waals surface area (Å²) in [6.45, 7) is 2.05. The van der Waals surface area contributed by atoms with E-state index in [1.54, 1.807) is 0 Å². The molecule has 120 valence electrons. The van der Waals surface area contributed by atoms with E-state index in [-0.39, 0.29) is 22.7 Å². The van der Waals surface area contributed by atoms with E-state index in [9.17, 15) is 9.59 Å². The summed E-state index contributed by atoms with van der Waals surface area (Å²) < 4.78 is 0.194.